The molecule has 0 bridgehead atoms. The van der Waals surface area contributed by atoms with Gasteiger partial charge in [-0.3, -0.25) is 4.79 Å². The first-order chi connectivity index (χ1) is 9.96. The maximum atomic E-state index is 12.3. The van der Waals surface area contributed by atoms with E-state index in [1.54, 1.807) is 20.2 Å². The maximum Gasteiger partial charge on any atom is 0.256 e. The van der Waals surface area contributed by atoms with E-state index in [2.05, 4.69) is 10.3 Å². The molecule has 1 heterocycles. The van der Waals surface area contributed by atoms with Crippen LogP contribution in [0.15, 0.2) is 12.3 Å². The van der Waals surface area contributed by atoms with E-state index in [0.717, 1.165) is 18.4 Å². The smallest absolute Gasteiger partial charge is 0.256 e. The average Bonchev–Trinajstić information content (AvgIpc) is 2.46. The number of hydrogen-bond acceptors (Lipinski definition) is 4. The molecule has 0 fully saturated rings. The van der Waals surface area contributed by atoms with Crippen LogP contribution in [0, 0.1) is 6.92 Å². The molecule has 0 aliphatic carbocycles. The highest BCUT2D eigenvalue weighted by Gasteiger charge is 2.32. The third-order valence-corrected chi connectivity index (χ3v) is 3.39. The molecule has 1 rings (SSSR count). The Kier molecular flexibility index (Phi) is 6.62. The number of pyridine rings is 1. The molecule has 1 N–H and O–H groups in total. The van der Waals surface area contributed by atoms with E-state index in [4.69, 9.17) is 9.47 Å². The van der Waals surface area contributed by atoms with Crippen LogP contribution in [0.1, 0.15) is 45.6 Å². The Bertz CT molecular complexity index is 477. The van der Waals surface area contributed by atoms with Gasteiger partial charge in [0.05, 0.1) is 18.5 Å². The number of amides is 1. The fraction of sp³-hybridized carbons (Fsp3) is 0.625. The van der Waals surface area contributed by atoms with Crippen LogP contribution < -0.4 is 10.1 Å². The van der Waals surface area contributed by atoms with Crippen molar-refractivity contribution in [3.05, 3.63) is 17.8 Å². The van der Waals surface area contributed by atoms with Crippen molar-refractivity contribution in [2.45, 2.75) is 52.6 Å². The standard InChI is InChI=1S/C16H26N2O3/c1-6-8-16(4,20-5)15(19)18-13-10-12(3)14(17-11-13)21-9-7-2/h10-11H,6-9H2,1-5H3,(H,18,19)/t16-/m0/s1. The lowest BCUT2D eigenvalue weighted by atomic mass is 9.99. The third-order valence-electron chi connectivity index (χ3n) is 3.39. The molecule has 5 heteroatoms. The van der Waals surface area contributed by atoms with Crippen LogP contribution in [-0.4, -0.2) is 30.2 Å². The Hall–Kier alpha value is -1.62. The molecule has 0 unspecified atom stereocenters. The summed E-state index contributed by atoms with van der Waals surface area (Å²) in [6.07, 6.45) is 4.08. The highest BCUT2D eigenvalue weighted by molar-refractivity contribution is 5.97. The Morgan fingerprint density at radius 2 is 2.10 bits per heavy atom. The minimum absolute atomic E-state index is 0.157. The molecular formula is C16H26N2O3. The van der Waals surface area contributed by atoms with Gasteiger partial charge in [0, 0.05) is 12.7 Å². The lowest BCUT2D eigenvalue weighted by molar-refractivity contribution is -0.136. The zero-order valence-electron chi connectivity index (χ0n) is 13.7. The number of methoxy groups -OCH3 is 1. The summed E-state index contributed by atoms with van der Waals surface area (Å²) in [5.41, 5.74) is 0.733. The zero-order valence-corrected chi connectivity index (χ0v) is 13.7. The molecule has 1 amide bonds. The first-order valence-corrected chi connectivity index (χ1v) is 7.42. The molecule has 0 spiro atoms. The molecule has 1 aromatic heterocycles. The van der Waals surface area contributed by atoms with Gasteiger partial charge in [-0.25, -0.2) is 4.98 Å². The predicted octanol–water partition coefficient (Wildman–Crippen LogP) is 3.32. The van der Waals surface area contributed by atoms with Crippen molar-refractivity contribution in [2.75, 3.05) is 19.0 Å². The molecule has 0 aliphatic heterocycles. The summed E-state index contributed by atoms with van der Waals surface area (Å²) in [4.78, 5) is 16.6. The number of aryl methyl sites for hydroxylation is 1. The van der Waals surface area contributed by atoms with Crippen molar-refractivity contribution in [3.8, 4) is 5.88 Å². The van der Waals surface area contributed by atoms with Crippen LogP contribution >= 0.6 is 0 Å². The quantitative estimate of drug-likeness (QED) is 0.799. The van der Waals surface area contributed by atoms with Gasteiger partial charge in [0.15, 0.2) is 0 Å². The van der Waals surface area contributed by atoms with Crippen molar-refractivity contribution in [1.29, 1.82) is 0 Å². The fourth-order valence-corrected chi connectivity index (χ4v) is 2.03. The van der Waals surface area contributed by atoms with Crippen LogP contribution in [0.25, 0.3) is 0 Å². The number of ether oxygens (including phenoxy) is 2. The number of nitrogens with one attached hydrogen (secondary N) is 1. The van der Waals surface area contributed by atoms with Gasteiger partial charge in [-0.1, -0.05) is 20.3 Å². The lowest BCUT2D eigenvalue weighted by Crippen LogP contribution is -2.41. The summed E-state index contributed by atoms with van der Waals surface area (Å²) >= 11 is 0. The summed E-state index contributed by atoms with van der Waals surface area (Å²) in [5.74, 6) is 0.452. The summed E-state index contributed by atoms with van der Waals surface area (Å²) < 4.78 is 10.9. The molecule has 118 valence electrons. The summed E-state index contributed by atoms with van der Waals surface area (Å²) in [5, 5.41) is 2.86. The summed E-state index contributed by atoms with van der Waals surface area (Å²) in [6, 6.07) is 1.86. The van der Waals surface area contributed by atoms with Gasteiger partial charge in [0.25, 0.3) is 5.91 Å². The zero-order chi connectivity index (χ0) is 15.9. The SMILES string of the molecule is CCCOc1ncc(NC(=O)[C@](C)(CCC)OC)cc1C. The Morgan fingerprint density at radius 1 is 1.38 bits per heavy atom. The van der Waals surface area contributed by atoms with Crippen molar-refractivity contribution in [2.24, 2.45) is 0 Å². The van der Waals surface area contributed by atoms with Crippen LogP contribution in [-0.2, 0) is 9.53 Å². The average molecular weight is 294 g/mol. The maximum absolute atomic E-state index is 12.3. The molecule has 1 aromatic rings. The van der Waals surface area contributed by atoms with E-state index < -0.39 is 5.60 Å². The number of carbonyl (C=O) groups is 1. The number of hydrogen-bond donors (Lipinski definition) is 1. The molecule has 1 atom stereocenters. The van der Waals surface area contributed by atoms with E-state index in [1.165, 1.54) is 0 Å². The van der Waals surface area contributed by atoms with E-state index >= 15 is 0 Å². The van der Waals surface area contributed by atoms with Gasteiger partial charge in [-0.2, -0.15) is 0 Å². The summed E-state index contributed by atoms with van der Waals surface area (Å²) in [7, 11) is 1.56. The van der Waals surface area contributed by atoms with E-state index in [1.807, 2.05) is 26.8 Å². The first kappa shape index (κ1) is 17.4. The number of anilines is 1. The van der Waals surface area contributed by atoms with E-state index in [0.29, 0.717) is 24.6 Å². The first-order valence-electron chi connectivity index (χ1n) is 7.42. The van der Waals surface area contributed by atoms with Gasteiger partial charge < -0.3 is 14.8 Å². The van der Waals surface area contributed by atoms with Crippen molar-refractivity contribution in [3.63, 3.8) is 0 Å². The van der Waals surface area contributed by atoms with Crippen molar-refractivity contribution < 1.29 is 14.3 Å². The molecule has 0 aromatic carbocycles. The topological polar surface area (TPSA) is 60.5 Å². The molecule has 5 nitrogen and oxygen atoms in total. The Labute approximate surface area is 127 Å². The van der Waals surface area contributed by atoms with Gasteiger partial charge in [0.1, 0.15) is 5.60 Å². The molecule has 0 saturated carbocycles. The van der Waals surface area contributed by atoms with E-state index in [-0.39, 0.29) is 5.91 Å². The number of aromatic nitrogens is 1. The van der Waals surface area contributed by atoms with Gasteiger partial charge in [-0.15, -0.1) is 0 Å². The molecule has 0 aliphatic rings. The second kappa shape index (κ2) is 7.98. The second-order valence-electron chi connectivity index (χ2n) is 5.33. The van der Waals surface area contributed by atoms with Gasteiger partial charge in [0.2, 0.25) is 5.88 Å². The highest BCUT2D eigenvalue weighted by Crippen LogP contribution is 2.22. The monoisotopic (exact) mass is 294 g/mol. The van der Waals surface area contributed by atoms with E-state index in [9.17, 15) is 4.79 Å². The molecule has 0 radical (unpaired) electrons. The van der Waals surface area contributed by atoms with Crippen LogP contribution in [0.4, 0.5) is 5.69 Å². The minimum Gasteiger partial charge on any atom is -0.477 e. The normalized spacial score (nSPS) is 13.6. The van der Waals surface area contributed by atoms with Crippen LogP contribution in [0.3, 0.4) is 0 Å². The number of rotatable bonds is 8. The largest absolute Gasteiger partial charge is 0.477 e. The molecule has 0 saturated heterocycles. The van der Waals surface area contributed by atoms with Crippen molar-refractivity contribution in [1.82, 2.24) is 4.98 Å². The van der Waals surface area contributed by atoms with Crippen LogP contribution in [0.5, 0.6) is 5.88 Å². The summed E-state index contributed by atoms with van der Waals surface area (Å²) in [6.45, 7) is 8.41. The van der Waals surface area contributed by atoms with Crippen molar-refractivity contribution >= 4 is 11.6 Å². The minimum atomic E-state index is -0.819. The predicted molar refractivity (Wildman–Crippen MR) is 83.7 cm³/mol. The third kappa shape index (κ3) is 4.70. The highest BCUT2D eigenvalue weighted by atomic mass is 16.5. The fourth-order valence-electron chi connectivity index (χ4n) is 2.03. The number of nitrogens with zero attached hydrogens (tertiary/aromatic N) is 1. The van der Waals surface area contributed by atoms with Gasteiger partial charge in [-0.05, 0) is 32.8 Å². The molecular weight excluding hydrogens is 268 g/mol. The Balaban J connectivity index is 2.79. The number of carbonyl (C=O) groups excluding carboxylic acids is 1. The lowest BCUT2D eigenvalue weighted by Gasteiger charge is -2.26. The molecule has 21 heavy (non-hydrogen) atoms. The second-order valence-corrected chi connectivity index (χ2v) is 5.33. The van der Waals surface area contributed by atoms with Gasteiger partial charge >= 0.3 is 0 Å². The van der Waals surface area contributed by atoms with Crippen LogP contribution in [0.2, 0.25) is 0 Å². The Morgan fingerprint density at radius 3 is 2.62 bits per heavy atom.